The molecule has 0 bridgehead atoms. The highest BCUT2D eigenvalue weighted by atomic mass is 79.9. The van der Waals surface area contributed by atoms with Crippen molar-refractivity contribution in [3.63, 3.8) is 0 Å². The van der Waals surface area contributed by atoms with Crippen LogP contribution in [0.1, 0.15) is 10.4 Å². The third kappa shape index (κ3) is 5.13. The van der Waals surface area contributed by atoms with Crippen molar-refractivity contribution >= 4 is 39.2 Å². The van der Waals surface area contributed by atoms with Crippen LogP contribution >= 0.6 is 27.7 Å². The summed E-state index contributed by atoms with van der Waals surface area (Å²) in [6.07, 6.45) is 0. The van der Waals surface area contributed by atoms with E-state index in [1.165, 1.54) is 0 Å². The molecule has 0 spiro atoms. The summed E-state index contributed by atoms with van der Waals surface area (Å²) < 4.78 is 25.3. The lowest BCUT2D eigenvalue weighted by molar-refractivity contribution is 0.101. The third-order valence-electron chi connectivity index (χ3n) is 2.70. The first-order valence-corrected chi connectivity index (χ1v) is 7.79. The predicted molar refractivity (Wildman–Crippen MR) is 85.3 cm³/mol. The highest BCUT2D eigenvalue weighted by molar-refractivity contribution is 9.10. The first kappa shape index (κ1) is 16.0. The first-order valence-electron chi connectivity index (χ1n) is 6.12. The van der Waals surface area contributed by atoms with E-state index in [9.17, 15) is 13.6 Å². The summed E-state index contributed by atoms with van der Waals surface area (Å²) in [6, 6.07) is 13.7. The Hall–Kier alpha value is -1.40. The highest BCUT2D eigenvalue weighted by Crippen LogP contribution is 2.26. The van der Waals surface area contributed by atoms with Crippen LogP contribution in [0, 0.1) is 0 Å². The van der Waals surface area contributed by atoms with Crippen LogP contribution in [0.5, 0.6) is 0 Å². The Bertz CT molecular complexity index is 602. The van der Waals surface area contributed by atoms with E-state index in [-0.39, 0.29) is 12.3 Å². The van der Waals surface area contributed by atoms with Gasteiger partial charge in [0.05, 0.1) is 6.54 Å². The Morgan fingerprint density at radius 1 is 1.10 bits per heavy atom. The Balaban J connectivity index is 1.90. The van der Waals surface area contributed by atoms with E-state index < -0.39 is 5.76 Å². The van der Waals surface area contributed by atoms with Gasteiger partial charge in [0.15, 0.2) is 5.78 Å². The van der Waals surface area contributed by atoms with Crippen LogP contribution in [0.2, 0.25) is 0 Å². The molecule has 0 unspecified atom stereocenters. The van der Waals surface area contributed by atoms with Crippen molar-refractivity contribution in [2.45, 2.75) is 10.7 Å². The molecule has 0 amide bonds. The van der Waals surface area contributed by atoms with Crippen molar-refractivity contribution in [3.8, 4) is 0 Å². The zero-order valence-electron chi connectivity index (χ0n) is 10.9. The van der Waals surface area contributed by atoms with Crippen LogP contribution < -0.4 is 5.32 Å². The number of ketones is 1. The van der Waals surface area contributed by atoms with Gasteiger partial charge in [-0.2, -0.15) is 8.78 Å². The number of anilines is 1. The largest absolute Gasteiger partial charge is 0.378 e. The Labute approximate surface area is 134 Å². The Kier molecular flexibility index (Phi) is 5.76. The van der Waals surface area contributed by atoms with Gasteiger partial charge in [0.25, 0.3) is 5.76 Å². The molecular formula is C15H12BrF2NOS. The van der Waals surface area contributed by atoms with E-state index in [0.717, 1.165) is 10.2 Å². The lowest BCUT2D eigenvalue weighted by atomic mass is 10.1. The van der Waals surface area contributed by atoms with E-state index in [2.05, 4.69) is 21.2 Å². The number of alkyl halides is 2. The number of halogens is 3. The van der Waals surface area contributed by atoms with Crippen LogP contribution in [0.4, 0.5) is 14.5 Å². The summed E-state index contributed by atoms with van der Waals surface area (Å²) in [5.74, 6) is -2.46. The monoisotopic (exact) mass is 371 g/mol. The molecule has 0 aliphatic rings. The van der Waals surface area contributed by atoms with Gasteiger partial charge in [-0.05, 0) is 36.4 Å². The molecule has 0 saturated carbocycles. The van der Waals surface area contributed by atoms with Crippen molar-refractivity contribution < 1.29 is 13.6 Å². The third-order valence-corrected chi connectivity index (χ3v) is 3.95. The topological polar surface area (TPSA) is 29.1 Å². The highest BCUT2D eigenvalue weighted by Gasteiger charge is 2.07. The molecule has 2 aromatic carbocycles. The number of thioether (sulfide) groups is 1. The summed E-state index contributed by atoms with van der Waals surface area (Å²) in [6.45, 7) is 0.156. The van der Waals surface area contributed by atoms with E-state index in [4.69, 9.17) is 0 Å². The molecule has 0 aliphatic carbocycles. The van der Waals surface area contributed by atoms with E-state index >= 15 is 0 Å². The first-order chi connectivity index (χ1) is 10.0. The summed E-state index contributed by atoms with van der Waals surface area (Å²) in [5, 5.41) is 2.98. The van der Waals surface area contributed by atoms with Gasteiger partial charge in [-0.1, -0.05) is 39.8 Å². The SMILES string of the molecule is O=C(CNc1ccc(SC(F)F)cc1)c1ccc(Br)cc1. The molecule has 21 heavy (non-hydrogen) atoms. The van der Waals surface area contributed by atoms with Gasteiger partial charge in [-0.3, -0.25) is 4.79 Å². The minimum absolute atomic E-state index is 0.0338. The van der Waals surface area contributed by atoms with Gasteiger partial charge in [-0.25, -0.2) is 0 Å². The molecule has 0 fully saturated rings. The molecule has 2 rings (SSSR count). The van der Waals surface area contributed by atoms with Gasteiger partial charge in [-0.15, -0.1) is 0 Å². The molecule has 0 heterocycles. The maximum absolute atomic E-state index is 12.2. The van der Waals surface area contributed by atoms with Crippen molar-refractivity contribution in [2.24, 2.45) is 0 Å². The van der Waals surface area contributed by atoms with Crippen LogP contribution in [0.15, 0.2) is 57.9 Å². The lowest BCUT2D eigenvalue weighted by Gasteiger charge is -2.07. The van der Waals surface area contributed by atoms with Crippen molar-refractivity contribution in [3.05, 3.63) is 58.6 Å². The number of benzene rings is 2. The molecule has 0 atom stereocenters. The second kappa shape index (κ2) is 7.56. The average molecular weight is 372 g/mol. The maximum atomic E-state index is 12.2. The zero-order chi connectivity index (χ0) is 15.2. The molecule has 0 saturated heterocycles. The van der Waals surface area contributed by atoms with Crippen molar-refractivity contribution in [2.75, 3.05) is 11.9 Å². The number of nitrogens with one attached hydrogen (secondary N) is 1. The summed E-state index contributed by atoms with van der Waals surface area (Å²) >= 11 is 3.81. The molecule has 2 nitrogen and oxygen atoms in total. The van der Waals surface area contributed by atoms with E-state index in [1.807, 2.05) is 12.1 Å². The fourth-order valence-electron chi connectivity index (χ4n) is 1.67. The van der Waals surface area contributed by atoms with Gasteiger partial charge in [0.1, 0.15) is 0 Å². The van der Waals surface area contributed by atoms with Crippen LogP contribution in [0.3, 0.4) is 0 Å². The second-order valence-electron chi connectivity index (χ2n) is 4.19. The molecule has 6 heteroatoms. The fourth-order valence-corrected chi connectivity index (χ4v) is 2.44. The summed E-state index contributed by atoms with van der Waals surface area (Å²) in [4.78, 5) is 12.5. The van der Waals surface area contributed by atoms with Crippen LogP contribution in [-0.2, 0) is 0 Å². The number of hydrogen-bond acceptors (Lipinski definition) is 3. The maximum Gasteiger partial charge on any atom is 0.288 e. The number of rotatable bonds is 6. The van der Waals surface area contributed by atoms with Crippen LogP contribution in [-0.4, -0.2) is 18.1 Å². The average Bonchev–Trinajstić information content (AvgIpc) is 2.46. The molecule has 0 aliphatic heterocycles. The van der Waals surface area contributed by atoms with E-state index in [0.29, 0.717) is 22.2 Å². The quantitative estimate of drug-likeness (QED) is 0.568. The smallest absolute Gasteiger partial charge is 0.288 e. The Morgan fingerprint density at radius 3 is 2.29 bits per heavy atom. The molecule has 110 valence electrons. The molecule has 2 aromatic rings. The second-order valence-corrected chi connectivity index (χ2v) is 6.17. The number of carbonyl (C=O) groups is 1. The van der Waals surface area contributed by atoms with Crippen LogP contribution in [0.25, 0.3) is 0 Å². The number of Topliss-reactive ketones (excluding diaryl/α,β-unsaturated/α-hetero) is 1. The summed E-state index contributed by atoms with van der Waals surface area (Å²) in [7, 11) is 0. The normalized spacial score (nSPS) is 10.7. The molecule has 1 N–H and O–H groups in total. The number of hydrogen-bond donors (Lipinski definition) is 1. The van der Waals surface area contributed by atoms with Crippen molar-refractivity contribution in [1.29, 1.82) is 0 Å². The summed E-state index contributed by atoms with van der Waals surface area (Å²) in [5.41, 5.74) is 1.34. The Morgan fingerprint density at radius 2 is 1.71 bits per heavy atom. The lowest BCUT2D eigenvalue weighted by Crippen LogP contribution is -2.13. The van der Waals surface area contributed by atoms with E-state index in [1.54, 1.807) is 36.4 Å². The van der Waals surface area contributed by atoms with Gasteiger partial charge >= 0.3 is 0 Å². The molecule has 0 radical (unpaired) electrons. The standard InChI is InChI=1S/C15H12BrF2NOS/c16-11-3-1-10(2-4-11)14(20)9-19-12-5-7-13(8-6-12)21-15(17)18/h1-8,15,19H,9H2. The minimum Gasteiger partial charge on any atom is -0.378 e. The molecular weight excluding hydrogens is 360 g/mol. The predicted octanol–water partition coefficient (Wildman–Crippen LogP) is 5.06. The minimum atomic E-state index is -2.43. The molecule has 0 aromatic heterocycles. The number of carbonyl (C=O) groups excluding carboxylic acids is 1. The fraction of sp³-hybridized carbons (Fsp3) is 0.133. The van der Waals surface area contributed by atoms with Gasteiger partial charge in [0, 0.05) is 20.6 Å². The van der Waals surface area contributed by atoms with Crippen molar-refractivity contribution in [1.82, 2.24) is 0 Å². The van der Waals surface area contributed by atoms with Gasteiger partial charge in [0.2, 0.25) is 0 Å². The zero-order valence-corrected chi connectivity index (χ0v) is 13.3. The van der Waals surface area contributed by atoms with Gasteiger partial charge < -0.3 is 5.32 Å².